The molecule has 0 atom stereocenters. The van der Waals surface area contributed by atoms with Crippen molar-refractivity contribution in [2.24, 2.45) is 5.73 Å². The van der Waals surface area contributed by atoms with E-state index in [1.165, 1.54) is 7.11 Å². The molecule has 15 heteroatoms. The van der Waals surface area contributed by atoms with Crippen molar-refractivity contribution >= 4 is 33.8 Å². The summed E-state index contributed by atoms with van der Waals surface area (Å²) in [6, 6.07) is 1.81. The Balaban J connectivity index is 0. The lowest BCUT2D eigenvalue weighted by molar-refractivity contribution is 0.0592. The van der Waals surface area contributed by atoms with E-state index in [0.29, 0.717) is 6.04 Å². The second-order valence-corrected chi connectivity index (χ2v) is 8.69. The topological polar surface area (TPSA) is 189 Å². The Kier molecular flexibility index (Phi) is 15.7. The highest BCUT2D eigenvalue weighted by Crippen LogP contribution is 2.16. The van der Waals surface area contributed by atoms with Crippen molar-refractivity contribution in [1.29, 1.82) is 0 Å². The van der Waals surface area contributed by atoms with E-state index in [-0.39, 0.29) is 36.2 Å². The molecular weight excluding hydrogens is 502 g/mol. The van der Waals surface area contributed by atoms with E-state index in [2.05, 4.69) is 24.2 Å². The van der Waals surface area contributed by atoms with Gasteiger partial charge in [0.25, 0.3) is 0 Å². The molecule has 6 N–H and O–H groups in total. The SMILES string of the molecule is C.CC(C)N.COC(=O)c1cc(F)cnc1N.COC(=O)c1cc(F)cnc1NS(=O)(=O)NC(C)C. The predicted octanol–water partition coefficient (Wildman–Crippen LogP) is 2.24. The molecule has 2 heterocycles. The van der Waals surface area contributed by atoms with Gasteiger partial charge in [-0.15, -0.1) is 0 Å². The van der Waals surface area contributed by atoms with Crippen molar-refractivity contribution in [3.05, 3.63) is 47.3 Å². The third kappa shape index (κ3) is 13.5. The molecule has 0 unspecified atom stereocenters. The number of methoxy groups -OCH3 is 2. The van der Waals surface area contributed by atoms with Gasteiger partial charge in [-0.05, 0) is 32.0 Å². The van der Waals surface area contributed by atoms with Crippen LogP contribution < -0.4 is 20.9 Å². The van der Waals surface area contributed by atoms with E-state index in [4.69, 9.17) is 11.5 Å². The third-order valence-corrected chi connectivity index (χ3v) is 4.42. The van der Waals surface area contributed by atoms with Gasteiger partial charge in [0.05, 0.1) is 26.6 Å². The van der Waals surface area contributed by atoms with E-state index in [1.807, 2.05) is 18.6 Å². The van der Waals surface area contributed by atoms with E-state index in [9.17, 15) is 26.8 Å². The highest BCUT2D eigenvalue weighted by molar-refractivity contribution is 7.90. The molecule has 0 saturated heterocycles. The van der Waals surface area contributed by atoms with Crippen molar-refractivity contribution in [2.45, 2.75) is 47.2 Å². The molecule has 2 rings (SSSR count). The molecule has 0 amide bonds. The van der Waals surface area contributed by atoms with Crippen LogP contribution in [0.15, 0.2) is 24.5 Å². The van der Waals surface area contributed by atoms with Gasteiger partial charge in [-0.1, -0.05) is 21.3 Å². The second kappa shape index (κ2) is 16.3. The number of ether oxygens (including phenoxy) is 2. The van der Waals surface area contributed by atoms with Crippen LogP contribution in [0, 0.1) is 11.6 Å². The van der Waals surface area contributed by atoms with E-state index < -0.39 is 33.8 Å². The van der Waals surface area contributed by atoms with Crippen LogP contribution in [0.4, 0.5) is 20.4 Å². The highest BCUT2D eigenvalue weighted by atomic mass is 32.2. The average molecular weight is 537 g/mol. The number of hydrogen-bond acceptors (Lipinski definition) is 10. The first-order valence-electron chi connectivity index (χ1n) is 9.92. The largest absolute Gasteiger partial charge is 0.465 e. The smallest absolute Gasteiger partial charge is 0.341 e. The Hall–Kier alpha value is -3.43. The summed E-state index contributed by atoms with van der Waals surface area (Å²) in [5.41, 5.74) is 10.0. The number of rotatable bonds is 6. The van der Waals surface area contributed by atoms with Gasteiger partial charge >= 0.3 is 22.1 Å². The second-order valence-electron chi connectivity index (χ2n) is 7.24. The van der Waals surface area contributed by atoms with Gasteiger partial charge in [0.2, 0.25) is 0 Å². The zero-order valence-corrected chi connectivity index (χ0v) is 20.9. The van der Waals surface area contributed by atoms with E-state index >= 15 is 0 Å². The molecule has 0 aliphatic rings. The highest BCUT2D eigenvalue weighted by Gasteiger charge is 2.20. The zero-order chi connectivity index (χ0) is 27.3. The molecule has 0 radical (unpaired) electrons. The first-order valence-corrected chi connectivity index (χ1v) is 11.4. The fourth-order valence-electron chi connectivity index (χ4n) is 1.98. The van der Waals surface area contributed by atoms with Gasteiger partial charge in [0, 0.05) is 6.04 Å². The number of anilines is 2. The minimum absolute atomic E-state index is 0. The minimum Gasteiger partial charge on any atom is -0.465 e. The Morgan fingerprint density at radius 1 is 0.944 bits per heavy atom. The lowest BCUT2D eigenvalue weighted by Gasteiger charge is -2.12. The first-order chi connectivity index (χ1) is 16.1. The Morgan fingerprint density at radius 3 is 1.81 bits per heavy atom. The number of aromatic nitrogens is 2. The van der Waals surface area contributed by atoms with Crippen LogP contribution in [0.5, 0.6) is 0 Å². The maximum atomic E-state index is 13.0. The van der Waals surface area contributed by atoms with Gasteiger partial charge < -0.3 is 20.9 Å². The molecule has 0 aliphatic carbocycles. The number of nitrogens with two attached hydrogens (primary N) is 2. The van der Waals surface area contributed by atoms with Crippen LogP contribution in [0.1, 0.15) is 55.8 Å². The molecule has 12 nitrogen and oxygen atoms in total. The average Bonchev–Trinajstić information content (AvgIpc) is 2.74. The molecule has 2 aromatic heterocycles. The number of esters is 2. The molecule has 36 heavy (non-hydrogen) atoms. The molecule has 0 bridgehead atoms. The molecular formula is C21H34F2N6O6S. The van der Waals surface area contributed by atoms with E-state index in [0.717, 1.165) is 31.6 Å². The van der Waals surface area contributed by atoms with Crippen LogP contribution in [-0.4, -0.2) is 56.6 Å². The summed E-state index contributed by atoms with van der Waals surface area (Å²) in [5.74, 6) is -3.33. The summed E-state index contributed by atoms with van der Waals surface area (Å²) in [5, 5.41) is 0. The minimum atomic E-state index is -3.90. The van der Waals surface area contributed by atoms with Gasteiger partial charge in [0.15, 0.2) is 5.82 Å². The zero-order valence-electron chi connectivity index (χ0n) is 20.1. The quantitative estimate of drug-likeness (QED) is 0.398. The lowest BCUT2D eigenvalue weighted by atomic mass is 10.2. The number of pyridine rings is 2. The molecule has 0 spiro atoms. The normalized spacial score (nSPS) is 10.2. The number of nitrogens with one attached hydrogen (secondary N) is 2. The standard InChI is InChI=1S/C10H14FN3O4S.C7H7FN2O2.C3H9N.CH4/c1-6(2)13-19(16,17)14-9-8(10(15)18-3)4-7(11)5-12-9;1-12-7(11)5-2-4(8)3-10-6(5)9;1-3(2)4;/h4-6,13H,1-3H3,(H,12,14);2-3H,1H3,(H2,9,10);3H,4H2,1-2H3;1H4. The summed E-state index contributed by atoms with van der Waals surface area (Å²) in [6.45, 7) is 7.14. The Bertz CT molecular complexity index is 1100. The molecule has 0 fully saturated rings. The van der Waals surface area contributed by atoms with Gasteiger partial charge in [-0.3, -0.25) is 4.72 Å². The van der Waals surface area contributed by atoms with E-state index in [1.54, 1.807) is 13.8 Å². The summed E-state index contributed by atoms with van der Waals surface area (Å²) < 4.78 is 61.9. The van der Waals surface area contributed by atoms with Gasteiger partial charge in [-0.25, -0.2) is 28.3 Å². The van der Waals surface area contributed by atoms with Crippen molar-refractivity contribution in [2.75, 3.05) is 24.7 Å². The molecule has 0 saturated carbocycles. The fourth-order valence-corrected chi connectivity index (χ4v) is 3.07. The predicted molar refractivity (Wildman–Crippen MR) is 132 cm³/mol. The number of carbonyl (C=O) groups excluding carboxylic acids is 2. The van der Waals surface area contributed by atoms with Crippen LogP contribution >= 0.6 is 0 Å². The maximum Gasteiger partial charge on any atom is 0.341 e. The van der Waals surface area contributed by atoms with Crippen molar-refractivity contribution in [1.82, 2.24) is 14.7 Å². The van der Waals surface area contributed by atoms with Gasteiger partial charge in [-0.2, -0.15) is 13.1 Å². The number of nitrogen functional groups attached to an aromatic ring is 1. The van der Waals surface area contributed by atoms with Crippen LogP contribution in [0.3, 0.4) is 0 Å². The number of carbonyl (C=O) groups is 2. The summed E-state index contributed by atoms with van der Waals surface area (Å²) in [7, 11) is -1.62. The van der Waals surface area contributed by atoms with Crippen molar-refractivity contribution in [3.8, 4) is 0 Å². The summed E-state index contributed by atoms with van der Waals surface area (Å²) in [4.78, 5) is 29.3. The summed E-state index contributed by atoms with van der Waals surface area (Å²) >= 11 is 0. The van der Waals surface area contributed by atoms with Crippen LogP contribution in [0.25, 0.3) is 0 Å². The first kappa shape index (κ1) is 34.7. The Morgan fingerprint density at radius 2 is 1.36 bits per heavy atom. The lowest BCUT2D eigenvalue weighted by Crippen LogP contribution is -2.35. The fraction of sp³-hybridized carbons (Fsp3) is 0.429. The molecule has 0 aliphatic heterocycles. The molecule has 204 valence electrons. The van der Waals surface area contributed by atoms with Crippen LogP contribution in [-0.2, 0) is 19.7 Å². The maximum absolute atomic E-state index is 13.0. The number of halogens is 2. The van der Waals surface area contributed by atoms with Gasteiger partial charge in [0.1, 0.15) is 28.6 Å². The third-order valence-electron chi connectivity index (χ3n) is 3.17. The summed E-state index contributed by atoms with van der Waals surface area (Å²) in [6.07, 6.45) is 1.72. The van der Waals surface area contributed by atoms with Crippen molar-refractivity contribution < 1.29 is 36.3 Å². The monoisotopic (exact) mass is 536 g/mol. The van der Waals surface area contributed by atoms with Crippen molar-refractivity contribution in [3.63, 3.8) is 0 Å². The van der Waals surface area contributed by atoms with Crippen LogP contribution in [0.2, 0.25) is 0 Å². The Labute approximate surface area is 210 Å². The number of nitrogens with zero attached hydrogens (tertiary/aromatic N) is 2. The number of hydrogen-bond donors (Lipinski definition) is 4. The molecule has 2 aromatic rings. The molecule has 0 aromatic carbocycles.